The molecule has 0 unspecified atom stereocenters. The van der Waals surface area contributed by atoms with Gasteiger partial charge in [-0.25, -0.2) is 29.5 Å². The molecule has 0 spiro atoms. The van der Waals surface area contributed by atoms with Gasteiger partial charge < -0.3 is 56.6 Å². The van der Waals surface area contributed by atoms with Crippen molar-refractivity contribution in [3.8, 4) is 0 Å². The number of nitrogens with one attached hydrogen (secondary N) is 2. The Kier molecular flexibility index (Phi) is 15.3. The predicted molar refractivity (Wildman–Crippen MR) is 232 cm³/mol. The lowest BCUT2D eigenvalue weighted by molar-refractivity contribution is -0.0247. The van der Waals surface area contributed by atoms with Gasteiger partial charge in [0.05, 0.1) is 63.5 Å². The van der Waals surface area contributed by atoms with E-state index in [1.807, 2.05) is 4.57 Å². The summed E-state index contributed by atoms with van der Waals surface area (Å²) in [5, 5.41) is 35.9. The van der Waals surface area contributed by atoms with Crippen LogP contribution in [0.3, 0.4) is 0 Å². The Morgan fingerprint density at radius 3 is 1.62 bits per heavy atom. The van der Waals surface area contributed by atoms with Gasteiger partial charge in [0, 0.05) is 18.0 Å². The molecule has 0 aliphatic carbocycles. The lowest BCUT2D eigenvalue weighted by Crippen LogP contribution is -2.33. The summed E-state index contributed by atoms with van der Waals surface area (Å²) in [6.45, 7) is 1.59. The highest BCUT2D eigenvalue weighted by atomic mass is 16.5. The number of rotatable bonds is 8. The van der Waals surface area contributed by atoms with Crippen LogP contribution in [0, 0.1) is 6.92 Å². The third-order valence-corrected chi connectivity index (χ3v) is 11.2. The van der Waals surface area contributed by atoms with Crippen molar-refractivity contribution in [1.29, 1.82) is 0 Å². The smallest absolute Gasteiger partial charge is 0.351 e. The summed E-state index contributed by atoms with van der Waals surface area (Å²) in [5.41, 5.74) is 17.3. The Hall–Kier alpha value is -6.46. The molecule has 12 N–H and O–H groups in total. The molecule has 0 aromatic carbocycles. The third kappa shape index (κ3) is 10.8. The topological polar surface area (TPSA) is 393 Å². The molecule has 4 fully saturated rings. The van der Waals surface area contributed by atoms with Gasteiger partial charge in [-0.1, -0.05) is 0 Å². The van der Waals surface area contributed by atoms with Gasteiger partial charge in [0.1, 0.15) is 42.6 Å². The Balaban J connectivity index is 0.000000131. The monoisotopic (exact) mass is 923 g/mol. The first kappa shape index (κ1) is 47.5. The van der Waals surface area contributed by atoms with Crippen LogP contribution >= 0.6 is 0 Å². The van der Waals surface area contributed by atoms with Crippen molar-refractivity contribution in [3.05, 3.63) is 84.7 Å². The molecule has 10 rings (SSSR count). The number of fused-ring (bicyclic) bond motifs is 2. The average molecular weight is 924 g/mol. The maximum atomic E-state index is 11.6. The lowest BCUT2D eigenvalue weighted by atomic mass is 10.2. The van der Waals surface area contributed by atoms with Crippen molar-refractivity contribution in [1.82, 2.24) is 58.1 Å². The van der Waals surface area contributed by atoms with Crippen LogP contribution in [-0.2, 0) is 18.9 Å². The summed E-state index contributed by atoms with van der Waals surface area (Å²) in [6.07, 6.45) is 11.8. The molecule has 27 nitrogen and oxygen atoms in total. The summed E-state index contributed by atoms with van der Waals surface area (Å²) >= 11 is 0. The van der Waals surface area contributed by atoms with Crippen molar-refractivity contribution < 1.29 is 39.4 Å². The quantitative estimate of drug-likeness (QED) is 0.0835. The molecule has 0 bridgehead atoms. The van der Waals surface area contributed by atoms with Crippen LogP contribution in [0.5, 0.6) is 0 Å². The second kappa shape index (κ2) is 21.2. The number of nitrogens with two attached hydrogens (primary N) is 3. The van der Waals surface area contributed by atoms with Crippen LogP contribution in [0.15, 0.2) is 56.6 Å². The SMILES string of the molecule is Cc1cn([C@H]2CC[C@@H](CO)O2)c(=O)[nH]c1=O.Nc1ccn([C@H]2CC[C@@H](CO)O2)c(=O)n1.Nc1nc2c(ncn2[C@H]2CC[C@@H](CO)O2)c(=O)[nH]1.Nc1ncnc2c1ncn2[C@H]1CC[C@@H](CO)O1. The minimum Gasteiger partial charge on any atom is -0.394 e. The molecule has 4 aliphatic heterocycles. The summed E-state index contributed by atoms with van der Waals surface area (Å²) in [4.78, 5) is 74.3. The van der Waals surface area contributed by atoms with Gasteiger partial charge in [-0.2, -0.15) is 9.97 Å². The van der Waals surface area contributed by atoms with Gasteiger partial charge in [-0.3, -0.25) is 37.8 Å². The molecule has 6 aromatic rings. The number of hydrogen-bond acceptors (Lipinski definition) is 21. The van der Waals surface area contributed by atoms with Crippen molar-refractivity contribution in [2.75, 3.05) is 43.6 Å². The molecule has 4 aliphatic rings. The number of nitrogens with zero attached hydrogens (tertiary/aromatic N) is 10. The molecular formula is C39H53N15O12. The van der Waals surface area contributed by atoms with Gasteiger partial charge in [-0.15, -0.1) is 0 Å². The normalized spacial score (nSPS) is 24.7. The summed E-state index contributed by atoms with van der Waals surface area (Å²) in [7, 11) is 0. The molecular weight excluding hydrogens is 871 g/mol. The second-order valence-corrected chi connectivity index (χ2v) is 15.8. The first-order valence-electron chi connectivity index (χ1n) is 21.2. The number of aliphatic hydroxyl groups excluding tert-OH is 4. The zero-order chi connectivity index (χ0) is 47.1. The van der Waals surface area contributed by atoms with Gasteiger partial charge in [0.25, 0.3) is 11.1 Å². The number of aromatic amines is 2. The summed E-state index contributed by atoms with van der Waals surface area (Å²) in [6, 6.07) is 1.55. The average Bonchev–Trinajstić information content (AvgIpc) is 4.17. The first-order valence-corrected chi connectivity index (χ1v) is 21.2. The third-order valence-electron chi connectivity index (χ3n) is 11.2. The van der Waals surface area contributed by atoms with Gasteiger partial charge in [-0.05, 0) is 64.4 Å². The zero-order valence-electron chi connectivity index (χ0n) is 35.8. The summed E-state index contributed by atoms with van der Waals surface area (Å²) < 4.78 is 28.5. The van der Waals surface area contributed by atoms with Crippen LogP contribution in [0.2, 0.25) is 0 Å². The number of aryl methyl sites for hydroxylation is 1. The van der Waals surface area contributed by atoms with Crippen LogP contribution in [0.4, 0.5) is 17.6 Å². The Labute approximate surface area is 372 Å². The molecule has 10 heterocycles. The standard InChI is InChI=1S/C10H13N5O3.C10H13N5O2.C10H14N2O4.C9H13N3O3/c11-10-13-8-7(9(17)14-10)12-4-15(8)6-2-1-5(3-16)18-6;11-9-8-10(13-4-12-9)15(5-14-8)7-2-1-6(3-16)17-7;1-6-4-12(10(15)11-9(6)14)8-3-2-7(5-13)16-8;10-7-3-4-12(9(14)11-7)8-2-1-6(5-13)15-8/h4-6,16H,1-3H2,(H3,11,13,14,17);4-7,16H,1-3H2,(H2,11,12,13);4,7-8,13H,2-3,5H2,1H3,(H,11,14,15);3-4,6,8,13H,1-2,5H2,(H2,10,11,14)/t5-,6+;6-,7+;7-,8+;6-,8+/m0000/s1. The fraction of sp³-hybridized carbons (Fsp3) is 0.538. The number of H-pyrrole nitrogens is 2. The predicted octanol–water partition coefficient (Wildman–Crippen LogP) is -1.54. The van der Waals surface area contributed by atoms with Crippen LogP contribution in [0.1, 0.15) is 81.8 Å². The van der Waals surface area contributed by atoms with Gasteiger partial charge in [0.2, 0.25) is 5.95 Å². The number of imidazole rings is 2. The van der Waals surface area contributed by atoms with Crippen molar-refractivity contribution in [2.24, 2.45) is 0 Å². The Bertz CT molecular complexity index is 2820. The Morgan fingerprint density at radius 2 is 1.11 bits per heavy atom. The van der Waals surface area contributed by atoms with Crippen molar-refractivity contribution in [3.63, 3.8) is 0 Å². The van der Waals surface area contributed by atoms with Crippen LogP contribution in [0.25, 0.3) is 22.3 Å². The van der Waals surface area contributed by atoms with Crippen molar-refractivity contribution >= 4 is 39.9 Å². The number of anilines is 3. The molecule has 27 heteroatoms. The highest BCUT2D eigenvalue weighted by molar-refractivity contribution is 5.81. The van der Waals surface area contributed by atoms with E-state index in [2.05, 4.69) is 39.9 Å². The van der Waals surface area contributed by atoms with E-state index in [9.17, 15) is 19.2 Å². The molecule has 356 valence electrons. The highest BCUT2D eigenvalue weighted by Gasteiger charge is 2.30. The van der Waals surface area contributed by atoms with Crippen molar-refractivity contribution in [2.45, 2.75) is 108 Å². The number of nitrogen functional groups attached to an aromatic ring is 3. The van der Waals surface area contributed by atoms with Gasteiger partial charge in [0.15, 0.2) is 22.6 Å². The van der Waals surface area contributed by atoms with E-state index < -0.39 is 11.4 Å². The molecule has 6 aromatic heterocycles. The number of ether oxygens (including phenoxy) is 4. The largest absolute Gasteiger partial charge is 0.394 e. The minimum atomic E-state index is -0.473. The maximum absolute atomic E-state index is 11.6. The maximum Gasteiger partial charge on any atom is 0.351 e. The van der Waals surface area contributed by atoms with E-state index >= 15 is 0 Å². The van der Waals surface area contributed by atoms with E-state index in [-0.39, 0.29) is 104 Å². The highest BCUT2D eigenvalue weighted by Crippen LogP contribution is 2.32. The van der Waals surface area contributed by atoms with Crippen LogP contribution in [-0.4, -0.2) is 129 Å². The van der Waals surface area contributed by atoms with Crippen LogP contribution < -0.4 is 39.7 Å². The fourth-order valence-corrected chi connectivity index (χ4v) is 7.78. The van der Waals surface area contributed by atoms with E-state index in [1.165, 1.54) is 28.0 Å². The Morgan fingerprint density at radius 1 is 0.606 bits per heavy atom. The molecule has 8 atom stereocenters. The van der Waals surface area contributed by atoms with E-state index in [4.69, 9.17) is 56.6 Å². The zero-order valence-corrected chi connectivity index (χ0v) is 35.8. The molecule has 66 heavy (non-hydrogen) atoms. The molecule has 0 radical (unpaired) electrons. The minimum absolute atomic E-state index is 0.0146. The number of aliphatic hydroxyl groups is 4. The second-order valence-electron chi connectivity index (χ2n) is 15.8. The van der Waals surface area contributed by atoms with E-state index in [1.54, 1.807) is 30.1 Å². The molecule has 0 amide bonds. The summed E-state index contributed by atoms with van der Waals surface area (Å²) in [5.74, 6) is 0.615. The lowest BCUT2D eigenvalue weighted by Gasteiger charge is -2.14. The number of hydrogen-bond donors (Lipinski definition) is 9. The van der Waals surface area contributed by atoms with E-state index in [0.29, 0.717) is 47.5 Å². The van der Waals surface area contributed by atoms with Gasteiger partial charge >= 0.3 is 11.4 Å². The first-order chi connectivity index (χ1) is 31.8. The fourth-order valence-electron chi connectivity index (χ4n) is 7.78. The molecule has 4 saturated heterocycles. The number of aromatic nitrogens is 12. The molecule has 0 saturated carbocycles. The van der Waals surface area contributed by atoms with E-state index in [0.717, 1.165) is 32.1 Å².